The Hall–Kier alpha value is -8.54. The minimum Gasteiger partial charge on any atom is -0.309 e. The Balaban J connectivity index is 1.17. The van der Waals surface area contributed by atoms with Crippen LogP contribution in [0, 0.1) is 0 Å². The van der Waals surface area contributed by atoms with Gasteiger partial charge >= 0.3 is 0 Å². The molecule has 0 aliphatic carbocycles. The van der Waals surface area contributed by atoms with Crippen molar-refractivity contribution in [3.05, 3.63) is 205 Å². The third-order valence-electron chi connectivity index (χ3n) is 13.3. The van der Waals surface area contributed by atoms with E-state index >= 15 is 0 Å². The molecule has 0 aliphatic rings. The summed E-state index contributed by atoms with van der Waals surface area (Å²) >= 11 is 0. The first-order chi connectivity index (χ1) is 31.7. The van der Waals surface area contributed by atoms with E-state index in [1.54, 1.807) is 0 Å². The highest BCUT2D eigenvalue weighted by molar-refractivity contribution is 6.32. The molecule has 300 valence electrons. The van der Waals surface area contributed by atoms with Crippen molar-refractivity contribution in [3.63, 3.8) is 0 Å². The summed E-state index contributed by atoms with van der Waals surface area (Å²) in [7, 11) is 0. The zero-order valence-corrected chi connectivity index (χ0v) is 35.0. The van der Waals surface area contributed by atoms with Crippen molar-refractivity contribution in [2.75, 3.05) is 0 Å². The van der Waals surface area contributed by atoms with E-state index in [1.165, 1.54) is 75.6 Å². The summed E-state index contributed by atoms with van der Waals surface area (Å²) in [5.41, 5.74) is 11.3. The molecule has 3 heterocycles. The molecule has 64 heavy (non-hydrogen) atoms. The number of benzene rings is 10. The molecule has 0 amide bonds. The fraction of sp³-hybridized carbons (Fsp3) is 0.0169. The SMILES string of the molecule is C=C/C=c1\c(=C/C)c2ccc(-c3ccc(-c4nc(-c5ccccc5)n[nH]4)c4ccccc34)c3c2c2c1c1ccccc1cc2n3-c1ccc2c(c1)c1ccccc1n2-c1ccccc1. The molecule has 5 nitrogen and oxygen atoms in total. The van der Waals surface area contributed by atoms with E-state index in [-0.39, 0.29) is 0 Å². The molecule has 0 atom stereocenters. The lowest BCUT2D eigenvalue weighted by Gasteiger charge is -2.16. The number of aromatic amines is 1. The molecule has 0 bridgehead atoms. The highest BCUT2D eigenvalue weighted by Crippen LogP contribution is 2.46. The van der Waals surface area contributed by atoms with Crippen molar-refractivity contribution in [1.82, 2.24) is 24.3 Å². The summed E-state index contributed by atoms with van der Waals surface area (Å²) in [6.45, 7) is 6.37. The maximum Gasteiger partial charge on any atom is 0.181 e. The number of nitrogens with zero attached hydrogens (tertiary/aromatic N) is 4. The van der Waals surface area contributed by atoms with Crippen molar-refractivity contribution < 1.29 is 0 Å². The van der Waals surface area contributed by atoms with Gasteiger partial charge in [-0.1, -0.05) is 158 Å². The molecule has 13 rings (SSSR count). The Labute approximate surface area is 368 Å². The minimum atomic E-state index is 0.678. The fourth-order valence-corrected chi connectivity index (χ4v) is 10.6. The number of nitrogens with one attached hydrogen (secondary N) is 1. The van der Waals surface area contributed by atoms with Gasteiger partial charge in [0.25, 0.3) is 0 Å². The molecule has 0 spiro atoms. The van der Waals surface area contributed by atoms with E-state index in [1.807, 2.05) is 36.4 Å². The molecule has 3 aromatic heterocycles. The number of rotatable bonds is 6. The second kappa shape index (κ2) is 14.0. The Morgan fingerprint density at radius 2 is 1.16 bits per heavy atom. The molecule has 13 aromatic rings. The van der Waals surface area contributed by atoms with Gasteiger partial charge in [-0.15, -0.1) is 0 Å². The molecule has 0 unspecified atom stereocenters. The lowest BCUT2D eigenvalue weighted by molar-refractivity contribution is 1.10. The van der Waals surface area contributed by atoms with Crippen molar-refractivity contribution >= 4 is 88.1 Å². The number of hydrogen-bond acceptors (Lipinski definition) is 2. The lowest BCUT2D eigenvalue weighted by atomic mass is 9.89. The van der Waals surface area contributed by atoms with Gasteiger partial charge in [0.05, 0.1) is 22.1 Å². The predicted molar refractivity (Wildman–Crippen MR) is 269 cm³/mol. The van der Waals surface area contributed by atoms with Crippen LogP contribution >= 0.6 is 0 Å². The van der Waals surface area contributed by atoms with E-state index in [4.69, 9.17) is 4.98 Å². The van der Waals surface area contributed by atoms with E-state index < -0.39 is 0 Å². The largest absolute Gasteiger partial charge is 0.309 e. The molecule has 0 saturated heterocycles. The number of aromatic nitrogens is 5. The molecule has 1 N–H and O–H groups in total. The van der Waals surface area contributed by atoms with Crippen LogP contribution in [0.4, 0.5) is 0 Å². The van der Waals surface area contributed by atoms with Gasteiger partial charge < -0.3 is 9.13 Å². The molecular weight excluding hydrogens is 779 g/mol. The topological polar surface area (TPSA) is 51.4 Å². The van der Waals surface area contributed by atoms with Crippen LogP contribution in [0.5, 0.6) is 0 Å². The quantitative estimate of drug-likeness (QED) is 0.170. The highest BCUT2D eigenvalue weighted by Gasteiger charge is 2.25. The number of fused-ring (bicyclic) bond motifs is 6. The third kappa shape index (κ3) is 5.12. The molecule has 0 radical (unpaired) electrons. The Morgan fingerprint density at radius 1 is 0.484 bits per heavy atom. The maximum absolute atomic E-state index is 5.01. The standard InChI is InChI=1S/C59H39N5/c1-3-17-46-40(4-2)47-30-31-48(44-29-32-49(43-25-14-13-24-42(43)44)59-60-58(61-62-59)36-18-7-5-8-19-36)57-55(47)56-53(34-37-20-11-12-23-41(37)54(46)56)64(57)39-28-33-52-50(35-39)45-26-15-16-27-51(45)63(52)38-21-9-6-10-22-38/h3-35H,1H2,2H3,(H,60,61,62)/b40-4+,46-17+. The predicted octanol–water partition coefficient (Wildman–Crippen LogP) is 13.7. The summed E-state index contributed by atoms with van der Waals surface area (Å²) in [6, 6.07) is 65.7. The van der Waals surface area contributed by atoms with Gasteiger partial charge in [-0.05, 0) is 98.4 Å². The average Bonchev–Trinajstić information content (AvgIpc) is 4.07. The van der Waals surface area contributed by atoms with Crippen molar-refractivity contribution in [1.29, 1.82) is 0 Å². The van der Waals surface area contributed by atoms with Gasteiger partial charge in [0.15, 0.2) is 11.6 Å². The van der Waals surface area contributed by atoms with Gasteiger partial charge in [0.2, 0.25) is 0 Å². The lowest BCUT2D eigenvalue weighted by Crippen LogP contribution is -2.26. The second-order valence-electron chi connectivity index (χ2n) is 16.6. The first-order valence-electron chi connectivity index (χ1n) is 21.8. The highest BCUT2D eigenvalue weighted by atomic mass is 15.2. The molecular formula is C59H39N5. The van der Waals surface area contributed by atoms with Gasteiger partial charge in [0.1, 0.15) is 0 Å². The van der Waals surface area contributed by atoms with Crippen LogP contribution in [0.25, 0.3) is 133 Å². The van der Waals surface area contributed by atoms with Crippen LogP contribution in [-0.4, -0.2) is 24.3 Å². The Bertz CT molecular complexity index is 4150. The van der Waals surface area contributed by atoms with E-state index in [2.05, 4.69) is 197 Å². The average molecular weight is 818 g/mol. The molecule has 5 heteroatoms. The zero-order chi connectivity index (χ0) is 42.5. The smallest absolute Gasteiger partial charge is 0.181 e. The molecule has 10 aromatic carbocycles. The zero-order valence-electron chi connectivity index (χ0n) is 35.0. The minimum absolute atomic E-state index is 0.678. The van der Waals surface area contributed by atoms with Crippen molar-refractivity contribution in [3.8, 4) is 45.3 Å². The summed E-state index contributed by atoms with van der Waals surface area (Å²) < 4.78 is 4.93. The summed E-state index contributed by atoms with van der Waals surface area (Å²) in [5, 5.41) is 22.4. The van der Waals surface area contributed by atoms with Gasteiger partial charge in [-0.25, -0.2) is 4.98 Å². The Kier molecular flexibility index (Phi) is 7.90. The van der Waals surface area contributed by atoms with Gasteiger partial charge in [0, 0.05) is 55.0 Å². The summed E-state index contributed by atoms with van der Waals surface area (Å²) in [4.78, 5) is 5.01. The van der Waals surface area contributed by atoms with Crippen LogP contribution in [-0.2, 0) is 0 Å². The number of para-hydroxylation sites is 2. The third-order valence-corrected chi connectivity index (χ3v) is 13.3. The van der Waals surface area contributed by atoms with Crippen molar-refractivity contribution in [2.24, 2.45) is 0 Å². The van der Waals surface area contributed by atoms with Gasteiger partial charge in [-0.2, -0.15) is 5.10 Å². The number of H-pyrrole nitrogens is 1. The van der Waals surface area contributed by atoms with Crippen LogP contribution in [0.2, 0.25) is 0 Å². The summed E-state index contributed by atoms with van der Waals surface area (Å²) in [5.74, 6) is 1.42. The van der Waals surface area contributed by atoms with Crippen LogP contribution in [0.1, 0.15) is 6.92 Å². The Morgan fingerprint density at radius 3 is 1.95 bits per heavy atom. The summed E-state index contributed by atoms with van der Waals surface area (Å²) in [6.07, 6.45) is 6.40. The fourth-order valence-electron chi connectivity index (χ4n) is 10.6. The van der Waals surface area contributed by atoms with Gasteiger partial charge in [-0.3, -0.25) is 5.10 Å². The molecule has 0 fully saturated rings. The van der Waals surface area contributed by atoms with E-state index in [0.717, 1.165) is 50.2 Å². The number of hydrogen-bond donors (Lipinski definition) is 1. The van der Waals surface area contributed by atoms with Crippen LogP contribution in [0.3, 0.4) is 0 Å². The first kappa shape index (κ1) is 36.1. The van der Waals surface area contributed by atoms with Crippen LogP contribution in [0.15, 0.2) is 195 Å². The maximum atomic E-state index is 5.01. The second-order valence-corrected chi connectivity index (χ2v) is 16.6. The normalized spacial score (nSPS) is 12.7. The monoisotopic (exact) mass is 817 g/mol. The number of allylic oxidation sites excluding steroid dienone is 1. The van der Waals surface area contributed by atoms with E-state index in [0.29, 0.717) is 5.82 Å². The van der Waals surface area contributed by atoms with Crippen LogP contribution < -0.4 is 10.4 Å². The van der Waals surface area contributed by atoms with Crippen molar-refractivity contribution in [2.45, 2.75) is 6.92 Å². The van der Waals surface area contributed by atoms with E-state index in [9.17, 15) is 0 Å². The first-order valence-corrected chi connectivity index (χ1v) is 21.8. The molecule has 0 aliphatic heterocycles. The molecule has 0 saturated carbocycles.